The summed E-state index contributed by atoms with van der Waals surface area (Å²) in [5.74, 6) is -1.29. The number of anilines is 1. The Kier molecular flexibility index (Phi) is 2.47. The summed E-state index contributed by atoms with van der Waals surface area (Å²) in [6.07, 6.45) is 0. The second-order valence-corrected chi connectivity index (χ2v) is 3.96. The Labute approximate surface area is 97.8 Å². The highest BCUT2D eigenvalue weighted by Gasteiger charge is 2.14. The van der Waals surface area contributed by atoms with E-state index >= 15 is 0 Å². The zero-order valence-electron chi connectivity index (χ0n) is 7.87. The third-order valence-electron chi connectivity index (χ3n) is 2.06. The number of aromatic nitrogens is 2. The van der Waals surface area contributed by atoms with Crippen LogP contribution in [-0.2, 0) is 0 Å². The third-order valence-corrected chi connectivity index (χ3v) is 2.66. The van der Waals surface area contributed by atoms with Gasteiger partial charge in [0.25, 0.3) is 5.91 Å². The highest BCUT2D eigenvalue weighted by atomic mass is 79.9. The summed E-state index contributed by atoms with van der Waals surface area (Å²) in [5, 5.41) is 7.66. The van der Waals surface area contributed by atoms with Crippen LogP contribution in [0.4, 0.5) is 10.1 Å². The van der Waals surface area contributed by atoms with Crippen molar-refractivity contribution >= 4 is 38.4 Å². The number of rotatable bonds is 1. The molecule has 0 saturated carbocycles. The lowest BCUT2D eigenvalue weighted by Crippen LogP contribution is -2.16. The quantitative estimate of drug-likeness (QED) is 0.823. The lowest BCUT2D eigenvalue weighted by molar-refractivity contribution is 0.0996. The number of hydrogen-bond donors (Lipinski definition) is 2. The highest BCUT2D eigenvalue weighted by Crippen LogP contribution is 2.28. The van der Waals surface area contributed by atoms with Crippen LogP contribution >= 0.6 is 15.9 Å². The van der Waals surface area contributed by atoms with Crippen LogP contribution in [-0.4, -0.2) is 16.1 Å². The highest BCUT2D eigenvalue weighted by molar-refractivity contribution is 9.10. The summed E-state index contributed by atoms with van der Waals surface area (Å²) in [5.41, 5.74) is 11.0. The molecule has 1 aromatic heterocycles. The molecule has 1 amide bonds. The summed E-state index contributed by atoms with van der Waals surface area (Å²) in [6.45, 7) is 0. The van der Waals surface area contributed by atoms with Crippen LogP contribution in [0, 0.1) is 5.82 Å². The largest absolute Gasteiger partial charge is 0.396 e. The third kappa shape index (κ3) is 1.58. The Balaban J connectivity index is 2.89. The fourth-order valence-corrected chi connectivity index (χ4v) is 1.85. The number of nitrogens with two attached hydrogens (primary N) is 2. The van der Waals surface area contributed by atoms with E-state index in [1.54, 1.807) is 0 Å². The molecule has 0 fully saturated rings. The molecule has 0 unspecified atom stereocenters. The molecule has 0 saturated heterocycles. The fraction of sp³-hybridized carbons (Fsp3) is 0. The van der Waals surface area contributed by atoms with Crippen LogP contribution in [0.25, 0.3) is 10.9 Å². The van der Waals surface area contributed by atoms with Gasteiger partial charge in [-0.05, 0) is 28.1 Å². The molecule has 4 N–H and O–H groups in total. The van der Waals surface area contributed by atoms with Crippen molar-refractivity contribution in [3.63, 3.8) is 0 Å². The van der Waals surface area contributed by atoms with E-state index in [9.17, 15) is 9.18 Å². The predicted octanol–water partition coefficient (Wildman–Crippen LogP) is 1.21. The molecule has 1 aromatic carbocycles. The SMILES string of the molecule is NC(=O)c1nnc2c(Br)cc(F)cc2c1N. The van der Waals surface area contributed by atoms with E-state index in [1.165, 1.54) is 12.1 Å². The van der Waals surface area contributed by atoms with Gasteiger partial charge in [-0.25, -0.2) is 4.39 Å². The Bertz CT molecular complexity index is 602. The molecule has 5 nitrogen and oxygen atoms in total. The summed E-state index contributed by atoms with van der Waals surface area (Å²) in [4.78, 5) is 11.0. The van der Waals surface area contributed by atoms with E-state index in [0.717, 1.165) is 0 Å². The molecule has 82 valence electrons. The van der Waals surface area contributed by atoms with Crippen molar-refractivity contribution in [2.45, 2.75) is 0 Å². The van der Waals surface area contributed by atoms with Crippen molar-refractivity contribution in [1.29, 1.82) is 0 Å². The topological polar surface area (TPSA) is 94.9 Å². The van der Waals surface area contributed by atoms with Crippen LogP contribution in [0.15, 0.2) is 16.6 Å². The maximum atomic E-state index is 13.2. The first-order valence-corrected chi connectivity index (χ1v) is 5.00. The Hall–Kier alpha value is -1.76. The van der Waals surface area contributed by atoms with Gasteiger partial charge in [0.1, 0.15) is 11.3 Å². The Morgan fingerprint density at radius 2 is 2.06 bits per heavy atom. The van der Waals surface area contributed by atoms with Gasteiger partial charge in [0.15, 0.2) is 5.69 Å². The molecule has 1 heterocycles. The predicted molar refractivity (Wildman–Crippen MR) is 60.1 cm³/mol. The van der Waals surface area contributed by atoms with Gasteiger partial charge in [0, 0.05) is 9.86 Å². The normalized spacial score (nSPS) is 10.6. The molecule has 2 aromatic rings. The maximum Gasteiger partial charge on any atom is 0.271 e. The summed E-state index contributed by atoms with van der Waals surface area (Å²) < 4.78 is 13.6. The van der Waals surface area contributed by atoms with Crippen LogP contribution < -0.4 is 11.5 Å². The second kappa shape index (κ2) is 3.67. The van der Waals surface area contributed by atoms with Crippen LogP contribution in [0.2, 0.25) is 0 Å². The number of hydrogen-bond acceptors (Lipinski definition) is 4. The van der Waals surface area contributed by atoms with Crippen LogP contribution in [0.5, 0.6) is 0 Å². The van der Waals surface area contributed by atoms with Crippen molar-refractivity contribution in [2.24, 2.45) is 5.73 Å². The van der Waals surface area contributed by atoms with Gasteiger partial charge >= 0.3 is 0 Å². The van der Waals surface area contributed by atoms with Gasteiger partial charge < -0.3 is 11.5 Å². The average Bonchev–Trinajstić information content (AvgIpc) is 2.19. The van der Waals surface area contributed by atoms with Crippen molar-refractivity contribution in [2.75, 3.05) is 5.73 Å². The van der Waals surface area contributed by atoms with Crippen molar-refractivity contribution in [3.05, 3.63) is 28.1 Å². The van der Waals surface area contributed by atoms with E-state index < -0.39 is 11.7 Å². The molecule has 0 radical (unpaired) electrons. The number of amides is 1. The monoisotopic (exact) mass is 284 g/mol. The number of primary amides is 1. The first-order valence-electron chi connectivity index (χ1n) is 4.21. The van der Waals surface area contributed by atoms with Gasteiger partial charge in [-0.15, -0.1) is 10.2 Å². The zero-order valence-corrected chi connectivity index (χ0v) is 9.45. The number of nitrogens with zero attached hydrogens (tertiary/aromatic N) is 2. The molecular formula is C9H6BrFN4O. The molecule has 0 aliphatic heterocycles. The van der Waals surface area contributed by atoms with E-state index in [-0.39, 0.29) is 11.4 Å². The van der Waals surface area contributed by atoms with E-state index in [4.69, 9.17) is 11.5 Å². The molecule has 0 bridgehead atoms. The molecule has 16 heavy (non-hydrogen) atoms. The van der Waals surface area contributed by atoms with Gasteiger partial charge in [-0.1, -0.05) is 0 Å². The first kappa shape index (κ1) is 10.7. The Morgan fingerprint density at radius 3 is 2.69 bits per heavy atom. The second-order valence-electron chi connectivity index (χ2n) is 3.11. The van der Waals surface area contributed by atoms with Gasteiger partial charge in [-0.2, -0.15) is 0 Å². The molecular weight excluding hydrogens is 279 g/mol. The summed E-state index contributed by atoms with van der Waals surface area (Å²) in [6, 6.07) is 2.41. The fourth-order valence-electron chi connectivity index (χ4n) is 1.34. The van der Waals surface area contributed by atoms with Crippen molar-refractivity contribution in [3.8, 4) is 0 Å². The number of nitrogen functional groups attached to an aromatic ring is 1. The minimum Gasteiger partial charge on any atom is -0.396 e. The maximum absolute atomic E-state index is 13.2. The molecule has 0 aliphatic carbocycles. The molecule has 0 atom stereocenters. The summed E-state index contributed by atoms with van der Waals surface area (Å²) in [7, 11) is 0. The lowest BCUT2D eigenvalue weighted by Gasteiger charge is -2.05. The van der Waals surface area contributed by atoms with E-state index in [0.29, 0.717) is 15.4 Å². The van der Waals surface area contributed by atoms with Crippen LogP contribution in [0.3, 0.4) is 0 Å². The molecule has 0 aliphatic rings. The minimum atomic E-state index is -0.799. The number of carbonyl (C=O) groups is 1. The average molecular weight is 285 g/mol. The Morgan fingerprint density at radius 1 is 1.38 bits per heavy atom. The summed E-state index contributed by atoms with van der Waals surface area (Å²) >= 11 is 3.13. The van der Waals surface area contributed by atoms with Crippen molar-refractivity contribution < 1.29 is 9.18 Å². The first-order chi connectivity index (χ1) is 7.50. The van der Waals surface area contributed by atoms with Gasteiger partial charge in [0.2, 0.25) is 0 Å². The molecule has 2 rings (SSSR count). The standard InChI is InChI=1S/C9H6BrFN4O/c10-5-2-3(11)1-4-6(12)8(9(13)16)15-14-7(4)5/h1-2H,(H2,12,14)(H2,13,16). The van der Waals surface area contributed by atoms with E-state index in [2.05, 4.69) is 26.1 Å². The molecule has 0 spiro atoms. The minimum absolute atomic E-state index is 0.0256. The van der Waals surface area contributed by atoms with Crippen LogP contribution in [0.1, 0.15) is 10.5 Å². The van der Waals surface area contributed by atoms with Gasteiger partial charge in [-0.3, -0.25) is 4.79 Å². The zero-order chi connectivity index (χ0) is 11.9. The van der Waals surface area contributed by atoms with E-state index in [1.807, 2.05) is 0 Å². The number of halogens is 2. The number of carbonyl (C=O) groups excluding carboxylic acids is 1. The lowest BCUT2D eigenvalue weighted by atomic mass is 10.1. The molecule has 7 heteroatoms. The smallest absolute Gasteiger partial charge is 0.271 e. The number of benzene rings is 1. The van der Waals surface area contributed by atoms with Crippen molar-refractivity contribution in [1.82, 2.24) is 10.2 Å². The number of fused-ring (bicyclic) bond motifs is 1. The van der Waals surface area contributed by atoms with Gasteiger partial charge in [0.05, 0.1) is 5.69 Å².